The van der Waals surface area contributed by atoms with E-state index >= 15 is 0 Å². The topological polar surface area (TPSA) is 40.5 Å². The van der Waals surface area contributed by atoms with Crippen molar-refractivity contribution in [2.45, 2.75) is 70.3 Å². The Morgan fingerprint density at radius 2 is 1.84 bits per heavy atom. The van der Waals surface area contributed by atoms with Crippen LogP contribution in [0.15, 0.2) is 47.1 Å². The largest absolute Gasteiger partial charge is 0.378 e. The van der Waals surface area contributed by atoms with Gasteiger partial charge in [0.25, 0.3) is 0 Å². The van der Waals surface area contributed by atoms with Gasteiger partial charge in [-0.05, 0) is 92.2 Å². The monoisotopic (exact) mass is 429 g/mol. The van der Waals surface area contributed by atoms with Gasteiger partial charge in [-0.1, -0.05) is 30.6 Å². The van der Waals surface area contributed by atoms with Crippen LogP contribution < -0.4 is 4.90 Å². The van der Waals surface area contributed by atoms with E-state index in [1.54, 1.807) is 5.57 Å². The lowest BCUT2D eigenvalue weighted by Crippen LogP contribution is -2.51. The fourth-order valence-electron chi connectivity index (χ4n) is 7.38. The van der Waals surface area contributed by atoms with E-state index in [0.717, 1.165) is 38.5 Å². The number of hydrogen-bond donors (Lipinski definition) is 1. The number of allylic oxidation sites excluding steroid dienone is 4. The van der Waals surface area contributed by atoms with Crippen LogP contribution in [-0.4, -0.2) is 30.6 Å². The summed E-state index contributed by atoms with van der Waals surface area (Å²) < 4.78 is 0. The number of fused-ring (bicyclic) bond motifs is 4. The van der Waals surface area contributed by atoms with Gasteiger partial charge in [0.2, 0.25) is 0 Å². The molecule has 3 heteroatoms. The van der Waals surface area contributed by atoms with E-state index in [2.05, 4.69) is 62.0 Å². The van der Waals surface area contributed by atoms with Crippen molar-refractivity contribution < 1.29 is 9.90 Å². The molecule has 1 aromatic rings. The van der Waals surface area contributed by atoms with Crippen LogP contribution >= 0.6 is 0 Å². The molecule has 0 spiro atoms. The lowest BCUT2D eigenvalue weighted by molar-refractivity contribution is -0.114. The molecule has 32 heavy (non-hydrogen) atoms. The number of aliphatic hydroxyl groups is 1. The predicted octanol–water partition coefficient (Wildman–Crippen LogP) is 5.41. The molecule has 3 unspecified atom stereocenters. The molecule has 1 aromatic carbocycles. The molecule has 4 aliphatic carbocycles. The summed E-state index contributed by atoms with van der Waals surface area (Å²) in [7, 11) is 4.14. The average Bonchev–Trinajstić information content (AvgIpc) is 3.03. The third-order valence-corrected chi connectivity index (χ3v) is 9.03. The van der Waals surface area contributed by atoms with Crippen LogP contribution in [0.5, 0.6) is 0 Å². The lowest BCUT2D eigenvalue weighted by atomic mass is 9.51. The normalized spacial score (nSPS) is 35.8. The molecule has 0 aliphatic heterocycles. The highest BCUT2D eigenvalue weighted by molar-refractivity contribution is 5.93. The number of hydrogen-bond acceptors (Lipinski definition) is 3. The van der Waals surface area contributed by atoms with Crippen molar-refractivity contribution >= 4 is 11.5 Å². The standard InChI is InChI=1S/C29H35NO2/c1-5-15-29(32)16-14-26-24-12-8-20-17-22(31)11-13-23(20)27(24)25(18-28(26,29)2)19-6-9-21(10-7-19)30(3)4/h6-7,9-10,17,24-26,32H,8,11-14,16,18H2,1-4H3/t24?,25?,26-,28?,29-/m0/s1. The van der Waals surface area contributed by atoms with Crippen LogP contribution in [0.1, 0.15) is 70.3 Å². The molecular weight excluding hydrogens is 394 g/mol. The highest BCUT2D eigenvalue weighted by Gasteiger charge is 2.62. The first-order chi connectivity index (χ1) is 15.3. The Kier molecular flexibility index (Phi) is 5.13. The van der Waals surface area contributed by atoms with Gasteiger partial charge >= 0.3 is 0 Å². The fraction of sp³-hybridized carbons (Fsp3) is 0.552. The van der Waals surface area contributed by atoms with Crippen molar-refractivity contribution in [1.29, 1.82) is 0 Å². The summed E-state index contributed by atoms with van der Waals surface area (Å²) in [5.74, 6) is 7.76. The summed E-state index contributed by atoms with van der Waals surface area (Å²) in [6.45, 7) is 4.15. The van der Waals surface area contributed by atoms with Crippen LogP contribution in [0.2, 0.25) is 0 Å². The first-order valence-electron chi connectivity index (χ1n) is 12.2. The Bertz CT molecular complexity index is 1070. The summed E-state index contributed by atoms with van der Waals surface area (Å²) in [6, 6.07) is 8.97. The summed E-state index contributed by atoms with van der Waals surface area (Å²) in [5, 5.41) is 11.7. The van der Waals surface area contributed by atoms with Crippen molar-refractivity contribution in [2.24, 2.45) is 17.3 Å². The van der Waals surface area contributed by atoms with E-state index in [1.165, 1.54) is 22.4 Å². The van der Waals surface area contributed by atoms with E-state index in [4.69, 9.17) is 0 Å². The Balaban J connectivity index is 1.67. The van der Waals surface area contributed by atoms with Crippen LogP contribution in [0.4, 0.5) is 5.69 Å². The van der Waals surface area contributed by atoms with E-state index in [9.17, 15) is 9.90 Å². The minimum atomic E-state index is -0.914. The minimum Gasteiger partial charge on any atom is -0.378 e. The van der Waals surface area contributed by atoms with Gasteiger partial charge in [-0.2, -0.15) is 0 Å². The second-order valence-electron chi connectivity index (χ2n) is 10.8. The van der Waals surface area contributed by atoms with Gasteiger partial charge in [0.15, 0.2) is 5.78 Å². The molecule has 3 nitrogen and oxygen atoms in total. The second-order valence-corrected chi connectivity index (χ2v) is 10.8. The van der Waals surface area contributed by atoms with Gasteiger partial charge in [0.05, 0.1) is 0 Å². The molecule has 0 radical (unpaired) electrons. The Morgan fingerprint density at radius 1 is 1.09 bits per heavy atom. The number of nitrogens with zero attached hydrogens (tertiary/aromatic N) is 1. The molecule has 168 valence electrons. The summed E-state index contributed by atoms with van der Waals surface area (Å²) in [6.07, 6.45) is 8.23. The smallest absolute Gasteiger partial charge is 0.156 e. The zero-order chi connectivity index (χ0) is 22.7. The van der Waals surface area contributed by atoms with Crippen LogP contribution in [-0.2, 0) is 4.79 Å². The molecule has 0 heterocycles. The maximum atomic E-state index is 12.2. The zero-order valence-corrected chi connectivity index (χ0v) is 19.9. The number of ketones is 1. The van der Waals surface area contributed by atoms with E-state index in [-0.39, 0.29) is 17.1 Å². The molecule has 2 fully saturated rings. The third kappa shape index (κ3) is 3.11. The molecule has 2 saturated carbocycles. The quantitative estimate of drug-likeness (QED) is 0.640. The number of benzene rings is 1. The Hall–Kier alpha value is -2.31. The SMILES string of the molecule is CC#C[C@]1(O)CC[C@H]2C3CCC4=CC(=O)CCC4=C3C(c3ccc(N(C)C)cc3)CC21C. The Morgan fingerprint density at radius 3 is 2.53 bits per heavy atom. The number of carbonyl (C=O) groups excluding carboxylic acids is 1. The van der Waals surface area contributed by atoms with Crippen molar-refractivity contribution in [2.75, 3.05) is 19.0 Å². The number of anilines is 1. The van der Waals surface area contributed by atoms with Crippen LogP contribution in [0.3, 0.4) is 0 Å². The molecule has 0 saturated heterocycles. The molecule has 0 bridgehead atoms. The second kappa shape index (κ2) is 7.63. The van der Waals surface area contributed by atoms with Gasteiger partial charge in [0.1, 0.15) is 5.60 Å². The van der Waals surface area contributed by atoms with Crippen molar-refractivity contribution in [3.8, 4) is 11.8 Å². The zero-order valence-electron chi connectivity index (χ0n) is 19.9. The van der Waals surface area contributed by atoms with Gasteiger partial charge in [-0.3, -0.25) is 4.79 Å². The molecular formula is C29H35NO2. The van der Waals surface area contributed by atoms with Gasteiger partial charge in [-0.15, -0.1) is 5.92 Å². The predicted molar refractivity (Wildman–Crippen MR) is 129 cm³/mol. The molecule has 4 aliphatic rings. The summed E-state index contributed by atoms with van der Waals surface area (Å²) in [4.78, 5) is 14.3. The maximum absolute atomic E-state index is 12.2. The minimum absolute atomic E-state index is 0.221. The molecule has 5 atom stereocenters. The van der Waals surface area contributed by atoms with Crippen molar-refractivity contribution in [3.05, 3.63) is 52.6 Å². The summed E-state index contributed by atoms with van der Waals surface area (Å²) >= 11 is 0. The average molecular weight is 430 g/mol. The van der Waals surface area contributed by atoms with Crippen LogP contribution in [0, 0.1) is 29.1 Å². The molecule has 1 N–H and O–H groups in total. The maximum Gasteiger partial charge on any atom is 0.156 e. The van der Waals surface area contributed by atoms with E-state index in [1.807, 2.05) is 13.0 Å². The van der Waals surface area contributed by atoms with Gasteiger partial charge < -0.3 is 10.0 Å². The van der Waals surface area contributed by atoms with Gasteiger partial charge in [0, 0.05) is 37.5 Å². The number of carbonyl (C=O) groups is 1. The lowest BCUT2D eigenvalue weighted by Gasteiger charge is -2.53. The first kappa shape index (κ1) is 21.5. The molecule has 0 aromatic heterocycles. The highest BCUT2D eigenvalue weighted by Crippen LogP contribution is 2.66. The van der Waals surface area contributed by atoms with Crippen LogP contribution in [0.25, 0.3) is 0 Å². The third-order valence-electron chi connectivity index (χ3n) is 9.03. The fourth-order valence-corrected chi connectivity index (χ4v) is 7.38. The number of rotatable bonds is 2. The highest BCUT2D eigenvalue weighted by atomic mass is 16.3. The van der Waals surface area contributed by atoms with E-state index in [0.29, 0.717) is 18.3 Å². The Labute approximate surface area is 192 Å². The summed E-state index contributed by atoms with van der Waals surface area (Å²) in [5.41, 5.74) is 5.71. The first-order valence-corrected chi connectivity index (χ1v) is 12.2. The van der Waals surface area contributed by atoms with Crippen molar-refractivity contribution in [3.63, 3.8) is 0 Å². The molecule has 0 amide bonds. The van der Waals surface area contributed by atoms with E-state index < -0.39 is 5.60 Å². The molecule has 5 rings (SSSR count). The van der Waals surface area contributed by atoms with Gasteiger partial charge in [-0.25, -0.2) is 0 Å². The van der Waals surface area contributed by atoms with Crippen molar-refractivity contribution in [1.82, 2.24) is 0 Å².